The molecule has 12 heteroatoms. The molecule has 0 spiro atoms. The fraction of sp³-hybridized carbons (Fsp3) is 0.357. The number of fused-ring (bicyclic) bond motifs is 1. The molecule has 0 saturated carbocycles. The van der Waals surface area contributed by atoms with Crippen LogP contribution in [0.4, 0.5) is 26.2 Å². The van der Waals surface area contributed by atoms with Gasteiger partial charge in [0.05, 0.1) is 24.1 Å². The molecule has 40 heavy (non-hydrogen) atoms. The molecule has 0 aliphatic carbocycles. The predicted molar refractivity (Wildman–Crippen MR) is 149 cm³/mol. The molecular weight excluding hydrogens is 516 g/mol. The van der Waals surface area contributed by atoms with Gasteiger partial charge in [-0.2, -0.15) is 4.98 Å². The molecule has 208 valence electrons. The molecule has 5 heterocycles. The Balaban J connectivity index is 1.21. The molecule has 10 nitrogen and oxygen atoms in total. The van der Waals surface area contributed by atoms with Crippen molar-refractivity contribution in [1.82, 2.24) is 35.1 Å². The second kappa shape index (κ2) is 10.8. The number of amides is 1. The van der Waals surface area contributed by atoms with Crippen molar-refractivity contribution < 1.29 is 13.6 Å². The number of nitrogens with one attached hydrogen (secondary N) is 3. The van der Waals surface area contributed by atoms with Crippen LogP contribution in [0.15, 0.2) is 48.9 Å². The zero-order valence-corrected chi connectivity index (χ0v) is 22.4. The van der Waals surface area contributed by atoms with Gasteiger partial charge in [0.15, 0.2) is 0 Å². The van der Waals surface area contributed by atoms with E-state index in [-0.39, 0.29) is 24.6 Å². The quantitative estimate of drug-likeness (QED) is 0.339. The minimum absolute atomic E-state index is 0.0214. The Kier molecular flexibility index (Phi) is 7.03. The Morgan fingerprint density at radius 1 is 1.05 bits per heavy atom. The van der Waals surface area contributed by atoms with Gasteiger partial charge in [-0.25, -0.2) is 18.7 Å². The Hall–Kier alpha value is -4.16. The van der Waals surface area contributed by atoms with Gasteiger partial charge in [0.2, 0.25) is 11.9 Å². The van der Waals surface area contributed by atoms with E-state index >= 15 is 8.78 Å². The summed E-state index contributed by atoms with van der Waals surface area (Å²) in [6.07, 6.45) is 5.11. The number of anilines is 3. The molecule has 6 rings (SSSR count). The number of pyridine rings is 1. The molecule has 0 unspecified atom stereocenters. The number of piperazine rings is 2. The van der Waals surface area contributed by atoms with E-state index in [1.54, 1.807) is 34.1 Å². The molecule has 0 bridgehead atoms. The monoisotopic (exact) mass is 547 g/mol. The molecule has 2 atom stereocenters. The van der Waals surface area contributed by atoms with E-state index in [0.717, 1.165) is 30.0 Å². The van der Waals surface area contributed by atoms with Crippen LogP contribution in [0.3, 0.4) is 0 Å². The van der Waals surface area contributed by atoms with Gasteiger partial charge in [-0.3, -0.25) is 9.69 Å². The van der Waals surface area contributed by atoms with Gasteiger partial charge < -0.3 is 25.4 Å². The summed E-state index contributed by atoms with van der Waals surface area (Å²) in [7, 11) is 0. The third kappa shape index (κ3) is 5.45. The van der Waals surface area contributed by atoms with Crippen molar-refractivity contribution in [2.75, 3.05) is 42.9 Å². The van der Waals surface area contributed by atoms with Crippen LogP contribution in [0.1, 0.15) is 19.4 Å². The third-order valence-electron chi connectivity index (χ3n) is 7.22. The average molecular weight is 548 g/mol. The number of aromatic nitrogens is 4. The number of halogens is 2. The summed E-state index contributed by atoms with van der Waals surface area (Å²) in [5, 5.41) is 10.1. The van der Waals surface area contributed by atoms with E-state index in [0.29, 0.717) is 42.5 Å². The van der Waals surface area contributed by atoms with Gasteiger partial charge >= 0.3 is 0 Å². The van der Waals surface area contributed by atoms with Crippen molar-refractivity contribution in [3.8, 4) is 5.69 Å². The lowest BCUT2D eigenvalue weighted by Crippen LogP contribution is -2.54. The Morgan fingerprint density at radius 2 is 1.82 bits per heavy atom. The highest BCUT2D eigenvalue weighted by Gasteiger charge is 2.23. The molecule has 0 radical (unpaired) electrons. The van der Waals surface area contributed by atoms with Crippen LogP contribution in [0, 0.1) is 11.6 Å². The van der Waals surface area contributed by atoms with Crippen LogP contribution in [0.5, 0.6) is 0 Å². The predicted octanol–water partition coefficient (Wildman–Crippen LogP) is 2.96. The highest BCUT2D eigenvalue weighted by atomic mass is 19.1. The first kappa shape index (κ1) is 26.1. The normalized spacial score (nSPS) is 20.1. The summed E-state index contributed by atoms with van der Waals surface area (Å²) in [4.78, 5) is 29.3. The molecule has 1 aromatic carbocycles. The smallest absolute Gasteiger partial charge is 0.234 e. The maximum Gasteiger partial charge on any atom is 0.234 e. The number of carbonyl (C=O) groups is 1. The van der Waals surface area contributed by atoms with Crippen molar-refractivity contribution in [2.45, 2.75) is 32.5 Å². The maximum atomic E-state index is 15.1. The summed E-state index contributed by atoms with van der Waals surface area (Å²) in [5.41, 5.74) is 1.48. The van der Waals surface area contributed by atoms with Crippen LogP contribution in [0.2, 0.25) is 0 Å². The fourth-order valence-corrected chi connectivity index (χ4v) is 5.41. The van der Waals surface area contributed by atoms with Crippen LogP contribution < -0.4 is 20.9 Å². The lowest BCUT2D eigenvalue weighted by Gasteiger charge is -2.36. The number of carbonyl (C=O) groups excluding carboxylic acids is 1. The molecular formula is C28H31F2N9O. The van der Waals surface area contributed by atoms with Gasteiger partial charge in [0.1, 0.15) is 23.1 Å². The first-order valence-corrected chi connectivity index (χ1v) is 13.4. The van der Waals surface area contributed by atoms with Gasteiger partial charge in [-0.05, 0) is 44.2 Å². The van der Waals surface area contributed by atoms with Crippen LogP contribution in [-0.4, -0.2) is 75.1 Å². The average Bonchev–Trinajstić information content (AvgIpc) is 3.34. The van der Waals surface area contributed by atoms with Gasteiger partial charge in [-0.1, -0.05) is 0 Å². The van der Waals surface area contributed by atoms with Crippen molar-refractivity contribution in [3.63, 3.8) is 0 Å². The molecule has 2 aliphatic rings. The Labute approximate surface area is 230 Å². The summed E-state index contributed by atoms with van der Waals surface area (Å²) in [6, 6.07) is 9.04. The van der Waals surface area contributed by atoms with Crippen molar-refractivity contribution >= 4 is 34.4 Å². The highest BCUT2D eigenvalue weighted by molar-refractivity contribution is 5.79. The first-order chi connectivity index (χ1) is 19.3. The van der Waals surface area contributed by atoms with Gasteiger partial charge in [0, 0.05) is 68.2 Å². The second-order valence-electron chi connectivity index (χ2n) is 10.5. The minimum Gasteiger partial charge on any atom is -0.354 e. The molecule has 3 N–H and O–H groups in total. The zero-order valence-electron chi connectivity index (χ0n) is 22.4. The fourth-order valence-electron chi connectivity index (χ4n) is 5.41. The third-order valence-corrected chi connectivity index (χ3v) is 7.22. The molecule has 3 aromatic heterocycles. The SMILES string of the molecule is C[C@@H]1CN(c2ccc(Nc3ncc4ccn(-c5cc(F)c(CN6CCNC(=O)C6)c(F)c5)c4n3)cn2)C[C@H](C)N1. The van der Waals surface area contributed by atoms with Crippen LogP contribution in [0.25, 0.3) is 16.7 Å². The van der Waals surface area contributed by atoms with Crippen molar-refractivity contribution in [2.24, 2.45) is 0 Å². The number of hydrogen-bond acceptors (Lipinski definition) is 8. The molecule has 2 saturated heterocycles. The Bertz CT molecular complexity index is 1510. The number of benzene rings is 1. The summed E-state index contributed by atoms with van der Waals surface area (Å²) in [6.45, 7) is 7.23. The number of rotatable bonds is 6. The van der Waals surface area contributed by atoms with E-state index in [1.165, 1.54) is 12.1 Å². The maximum absolute atomic E-state index is 15.1. The van der Waals surface area contributed by atoms with E-state index < -0.39 is 11.6 Å². The molecule has 2 aliphatic heterocycles. The Morgan fingerprint density at radius 3 is 2.52 bits per heavy atom. The zero-order chi connectivity index (χ0) is 27.8. The number of nitrogens with zero attached hydrogens (tertiary/aromatic N) is 6. The summed E-state index contributed by atoms with van der Waals surface area (Å²) >= 11 is 0. The lowest BCUT2D eigenvalue weighted by atomic mass is 10.1. The number of hydrogen-bond donors (Lipinski definition) is 3. The topological polar surface area (TPSA) is 103 Å². The standard InChI is InChI=1S/C28H31F2N9O/c1-17-13-38(14-18(2)34-17)25-4-3-20(12-32-25)35-28-33-11-19-5-7-39(27(19)36-28)21-9-23(29)22(24(30)10-21)15-37-8-6-31-26(40)16-37/h3-5,7,9-12,17-18,34H,6,8,13-16H2,1-2H3,(H,31,40)(H,33,35,36)/t17-,18+. The van der Waals surface area contributed by atoms with E-state index in [4.69, 9.17) is 0 Å². The van der Waals surface area contributed by atoms with Crippen LogP contribution in [-0.2, 0) is 11.3 Å². The van der Waals surface area contributed by atoms with Gasteiger partial charge in [0.25, 0.3) is 0 Å². The van der Waals surface area contributed by atoms with Crippen molar-refractivity contribution in [1.29, 1.82) is 0 Å². The molecule has 2 fully saturated rings. The second-order valence-corrected chi connectivity index (χ2v) is 10.5. The first-order valence-electron chi connectivity index (χ1n) is 13.4. The lowest BCUT2D eigenvalue weighted by molar-refractivity contribution is -0.124. The minimum atomic E-state index is -0.672. The molecule has 4 aromatic rings. The summed E-state index contributed by atoms with van der Waals surface area (Å²) < 4.78 is 31.8. The highest BCUT2D eigenvalue weighted by Crippen LogP contribution is 2.25. The van der Waals surface area contributed by atoms with E-state index in [9.17, 15) is 4.79 Å². The van der Waals surface area contributed by atoms with E-state index in [2.05, 4.69) is 49.6 Å². The van der Waals surface area contributed by atoms with Crippen molar-refractivity contribution in [3.05, 3.63) is 66.1 Å². The van der Waals surface area contributed by atoms with Gasteiger partial charge in [-0.15, -0.1) is 0 Å². The van der Waals surface area contributed by atoms with E-state index in [1.807, 2.05) is 12.1 Å². The largest absolute Gasteiger partial charge is 0.354 e. The van der Waals surface area contributed by atoms with Crippen LogP contribution >= 0.6 is 0 Å². The summed E-state index contributed by atoms with van der Waals surface area (Å²) in [5.74, 6) is -0.245. The molecule has 1 amide bonds.